The zero-order valence-electron chi connectivity index (χ0n) is 7.84. The molecule has 1 unspecified atom stereocenters. The third kappa shape index (κ3) is 1.63. The molecule has 3 nitrogen and oxygen atoms in total. The van der Waals surface area contributed by atoms with Crippen molar-refractivity contribution in [3.05, 3.63) is 30.3 Å². The second kappa shape index (κ2) is 3.50. The lowest BCUT2D eigenvalue weighted by Crippen LogP contribution is -2.32. The van der Waals surface area contributed by atoms with E-state index < -0.39 is 13.2 Å². The monoisotopic (exact) mass is 211 g/mol. The van der Waals surface area contributed by atoms with E-state index in [1.54, 1.807) is 0 Å². The molecule has 14 heavy (non-hydrogen) atoms. The van der Waals surface area contributed by atoms with E-state index in [4.69, 9.17) is 5.73 Å². The van der Waals surface area contributed by atoms with Gasteiger partial charge in [-0.2, -0.15) is 0 Å². The van der Waals surface area contributed by atoms with Crippen LogP contribution in [0.2, 0.25) is 0 Å². The molecular formula is C10H14NO2P. The molecule has 0 amide bonds. The molecular weight excluding hydrogens is 197 g/mol. The van der Waals surface area contributed by atoms with Crippen molar-refractivity contribution in [3.8, 4) is 0 Å². The number of hydrogen-bond acceptors (Lipinski definition) is 3. The fourth-order valence-corrected chi connectivity index (χ4v) is 4.97. The van der Waals surface area contributed by atoms with Crippen LogP contribution in [0.25, 0.3) is 0 Å². The molecule has 1 saturated heterocycles. The molecule has 1 heterocycles. The number of hydrogen-bond donors (Lipinski definition) is 2. The standard InChI is InChI=1S/C10H14NO2P/c11-9-6-14(13,7-10(9)12)8-4-2-1-3-5-8/h1-5,9-10,12H,6-7,11H2/t9-,10-,14?/m0/s1. The van der Waals surface area contributed by atoms with Crippen molar-refractivity contribution >= 4 is 12.4 Å². The van der Waals surface area contributed by atoms with Crippen LogP contribution in [0.3, 0.4) is 0 Å². The zero-order valence-corrected chi connectivity index (χ0v) is 8.73. The van der Waals surface area contributed by atoms with Crippen LogP contribution in [0.1, 0.15) is 0 Å². The van der Waals surface area contributed by atoms with Crippen LogP contribution in [0.4, 0.5) is 0 Å². The molecule has 0 saturated carbocycles. The summed E-state index contributed by atoms with van der Waals surface area (Å²) in [6, 6.07) is 9.00. The van der Waals surface area contributed by atoms with Crippen LogP contribution < -0.4 is 11.0 Å². The molecule has 1 fully saturated rings. The fraction of sp³-hybridized carbons (Fsp3) is 0.400. The first-order valence-corrected chi connectivity index (χ1v) is 6.77. The Bertz CT molecular complexity index is 352. The molecule has 0 bridgehead atoms. The largest absolute Gasteiger partial charge is 0.391 e. The minimum absolute atomic E-state index is 0.332. The zero-order chi connectivity index (χ0) is 10.2. The molecule has 0 radical (unpaired) electrons. The van der Waals surface area contributed by atoms with Gasteiger partial charge in [0.05, 0.1) is 6.10 Å². The molecule has 3 N–H and O–H groups in total. The normalized spacial score (nSPS) is 37.3. The summed E-state index contributed by atoms with van der Waals surface area (Å²) in [5.74, 6) is 0. The van der Waals surface area contributed by atoms with Gasteiger partial charge in [-0.3, -0.25) is 0 Å². The van der Waals surface area contributed by atoms with Crippen LogP contribution in [0.5, 0.6) is 0 Å². The number of benzene rings is 1. The Morgan fingerprint density at radius 2 is 1.93 bits per heavy atom. The third-order valence-corrected chi connectivity index (χ3v) is 5.92. The van der Waals surface area contributed by atoms with Crippen molar-refractivity contribution in [2.45, 2.75) is 12.1 Å². The van der Waals surface area contributed by atoms with E-state index in [1.807, 2.05) is 30.3 Å². The maximum Gasteiger partial charge on any atom is 0.119 e. The Balaban J connectivity index is 2.32. The highest BCUT2D eigenvalue weighted by Gasteiger charge is 2.39. The molecule has 1 aromatic carbocycles. The van der Waals surface area contributed by atoms with E-state index in [0.717, 1.165) is 5.30 Å². The molecule has 1 aromatic rings. The summed E-state index contributed by atoms with van der Waals surface area (Å²) in [6.07, 6.45) is 0.150. The van der Waals surface area contributed by atoms with Gasteiger partial charge in [0.15, 0.2) is 0 Å². The van der Waals surface area contributed by atoms with Gasteiger partial charge in [0.1, 0.15) is 7.14 Å². The van der Waals surface area contributed by atoms with Crippen molar-refractivity contribution in [2.24, 2.45) is 5.73 Å². The highest BCUT2D eigenvalue weighted by Crippen LogP contribution is 2.50. The number of aliphatic hydroxyl groups excluding tert-OH is 1. The highest BCUT2D eigenvalue weighted by molar-refractivity contribution is 7.72. The first kappa shape index (κ1) is 9.91. The number of nitrogens with two attached hydrogens (primary N) is 1. The molecule has 1 aliphatic rings. The number of aliphatic hydroxyl groups is 1. The van der Waals surface area contributed by atoms with Crippen LogP contribution in [0, 0.1) is 0 Å². The second-order valence-electron chi connectivity index (χ2n) is 3.82. The predicted octanol–water partition coefficient (Wildman–Crippen LogP) is 0.377. The minimum atomic E-state index is -2.41. The van der Waals surface area contributed by atoms with Gasteiger partial charge in [-0.1, -0.05) is 30.3 Å². The quantitative estimate of drug-likeness (QED) is 0.660. The molecule has 1 aliphatic heterocycles. The van der Waals surface area contributed by atoms with E-state index >= 15 is 0 Å². The number of rotatable bonds is 1. The van der Waals surface area contributed by atoms with E-state index in [9.17, 15) is 9.67 Å². The fourth-order valence-electron chi connectivity index (χ4n) is 1.88. The molecule has 0 aliphatic carbocycles. The Labute approximate surface area is 83.3 Å². The van der Waals surface area contributed by atoms with Gasteiger partial charge in [-0.25, -0.2) is 0 Å². The smallest absolute Gasteiger partial charge is 0.119 e. The maximum atomic E-state index is 12.4. The molecule has 4 heteroatoms. The molecule has 76 valence electrons. The van der Waals surface area contributed by atoms with Gasteiger partial charge in [0, 0.05) is 23.7 Å². The summed E-state index contributed by atoms with van der Waals surface area (Å²) >= 11 is 0. The van der Waals surface area contributed by atoms with Crippen LogP contribution in [-0.2, 0) is 4.57 Å². The lowest BCUT2D eigenvalue weighted by molar-refractivity contribution is 0.183. The van der Waals surface area contributed by atoms with Crippen molar-refractivity contribution < 1.29 is 9.67 Å². The first-order valence-electron chi connectivity index (χ1n) is 4.69. The highest BCUT2D eigenvalue weighted by atomic mass is 31.2. The van der Waals surface area contributed by atoms with Crippen LogP contribution in [-0.4, -0.2) is 29.6 Å². The van der Waals surface area contributed by atoms with Crippen molar-refractivity contribution in [2.75, 3.05) is 12.3 Å². The summed E-state index contributed by atoms with van der Waals surface area (Å²) in [4.78, 5) is 0. The molecule has 0 aromatic heterocycles. The Kier molecular flexibility index (Phi) is 2.48. The average Bonchev–Trinajstić information content (AvgIpc) is 2.44. The summed E-state index contributed by atoms with van der Waals surface area (Å²) in [7, 11) is -2.41. The Hall–Kier alpha value is -0.630. The Morgan fingerprint density at radius 3 is 2.43 bits per heavy atom. The summed E-state index contributed by atoms with van der Waals surface area (Å²) in [5.41, 5.74) is 5.67. The lowest BCUT2D eigenvalue weighted by atomic mass is 10.2. The van der Waals surface area contributed by atoms with Crippen molar-refractivity contribution in [3.63, 3.8) is 0 Å². The average molecular weight is 211 g/mol. The van der Waals surface area contributed by atoms with Gasteiger partial charge >= 0.3 is 0 Å². The second-order valence-corrected chi connectivity index (χ2v) is 6.85. The SMILES string of the molecule is N[C@H]1CP(=O)(c2ccccc2)C[C@@H]1O. The third-order valence-electron chi connectivity index (χ3n) is 2.71. The van der Waals surface area contributed by atoms with Crippen molar-refractivity contribution in [1.29, 1.82) is 0 Å². The molecule has 2 rings (SSSR count). The minimum Gasteiger partial charge on any atom is -0.391 e. The molecule has 0 spiro atoms. The van der Waals surface area contributed by atoms with Gasteiger partial charge in [0.2, 0.25) is 0 Å². The predicted molar refractivity (Wildman–Crippen MR) is 57.4 cm³/mol. The lowest BCUT2D eigenvalue weighted by Gasteiger charge is -2.10. The maximum absolute atomic E-state index is 12.4. The van der Waals surface area contributed by atoms with Crippen LogP contribution >= 0.6 is 7.14 Å². The Morgan fingerprint density at radius 1 is 1.29 bits per heavy atom. The first-order chi connectivity index (χ1) is 6.62. The topological polar surface area (TPSA) is 63.3 Å². The summed E-state index contributed by atoms with van der Waals surface area (Å²) < 4.78 is 12.4. The van der Waals surface area contributed by atoms with E-state index in [1.165, 1.54) is 0 Å². The van der Waals surface area contributed by atoms with Gasteiger partial charge < -0.3 is 15.4 Å². The van der Waals surface area contributed by atoms with Gasteiger partial charge in [0.25, 0.3) is 0 Å². The van der Waals surface area contributed by atoms with Gasteiger partial charge in [-0.05, 0) is 0 Å². The van der Waals surface area contributed by atoms with Crippen molar-refractivity contribution in [1.82, 2.24) is 0 Å². The van der Waals surface area contributed by atoms with E-state index in [2.05, 4.69) is 0 Å². The molecule has 3 atom stereocenters. The van der Waals surface area contributed by atoms with Gasteiger partial charge in [-0.15, -0.1) is 0 Å². The van der Waals surface area contributed by atoms with E-state index in [-0.39, 0.29) is 6.04 Å². The van der Waals surface area contributed by atoms with Crippen LogP contribution in [0.15, 0.2) is 30.3 Å². The van der Waals surface area contributed by atoms with E-state index in [0.29, 0.717) is 12.3 Å². The summed E-state index contributed by atoms with van der Waals surface area (Å²) in [6.45, 7) is 0. The summed E-state index contributed by atoms with van der Waals surface area (Å²) in [5, 5.41) is 10.3.